The minimum Gasteiger partial charge on any atom is -0.376 e. The second-order valence-electron chi connectivity index (χ2n) is 7.85. The second kappa shape index (κ2) is 12.8. The minimum absolute atomic E-state index is 0.0645. The van der Waals surface area contributed by atoms with Crippen LogP contribution in [0.3, 0.4) is 0 Å². The molecule has 0 saturated carbocycles. The lowest BCUT2D eigenvalue weighted by Crippen LogP contribution is -2.24. The molecule has 34 heavy (non-hydrogen) atoms. The Morgan fingerprint density at radius 3 is 2.09 bits per heavy atom. The van der Waals surface area contributed by atoms with Crippen molar-refractivity contribution in [3.8, 4) is 0 Å². The maximum atomic E-state index is 12.3. The SMILES string of the molecule is CCCNC(=O)c1ccc(NCC(=O)Nc2cccc(NC(=O)CCc3ccccc3)c2)cc1. The van der Waals surface area contributed by atoms with Gasteiger partial charge in [0.2, 0.25) is 11.8 Å². The van der Waals surface area contributed by atoms with Crippen LogP contribution in [0.25, 0.3) is 0 Å². The maximum absolute atomic E-state index is 12.3. The number of benzene rings is 3. The first-order valence-electron chi connectivity index (χ1n) is 11.4. The van der Waals surface area contributed by atoms with Crippen molar-refractivity contribution in [1.82, 2.24) is 5.32 Å². The van der Waals surface area contributed by atoms with Gasteiger partial charge >= 0.3 is 0 Å². The van der Waals surface area contributed by atoms with E-state index >= 15 is 0 Å². The molecule has 0 unspecified atom stereocenters. The van der Waals surface area contributed by atoms with Crippen LogP contribution in [0.2, 0.25) is 0 Å². The van der Waals surface area contributed by atoms with Gasteiger partial charge in [0.15, 0.2) is 0 Å². The van der Waals surface area contributed by atoms with E-state index in [9.17, 15) is 14.4 Å². The molecule has 0 aliphatic rings. The van der Waals surface area contributed by atoms with E-state index in [-0.39, 0.29) is 24.3 Å². The Morgan fingerprint density at radius 1 is 0.735 bits per heavy atom. The summed E-state index contributed by atoms with van der Waals surface area (Å²) in [5, 5.41) is 11.6. The second-order valence-corrected chi connectivity index (χ2v) is 7.85. The summed E-state index contributed by atoms with van der Waals surface area (Å²) in [7, 11) is 0. The number of hydrogen-bond acceptors (Lipinski definition) is 4. The Hall–Kier alpha value is -4.13. The van der Waals surface area contributed by atoms with E-state index in [4.69, 9.17) is 0 Å². The van der Waals surface area contributed by atoms with Crippen molar-refractivity contribution in [2.24, 2.45) is 0 Å². The van der Waals surface area contributed by atoms with Gasteiger partial charge in [-0.3, -0.25) is 14.4 Å². The molecule has 3 rings (SSSR count). The van der Waals surface area contributed by atoms with E-state index in [2.05, 4.69) is 21.3 Å². The largest absolute Gasteiger partial charge is 0.376 e. The number of anilines is 3. The first-order chi connectivity index (χ1) is 16.5. The standard InChI is InChI=1S/C27H30N4O3/c1-2-17-28-27(34)21-12-14-22(15-13-21)29-19-26(33)31-24-10-6-9-23(18-24)30-25(32)16-11-20-7-4-3-5-8-20/h3-10,12-15,18,29H,2,11,16-17,19H2,1H3,(H,28,34)(H,30,32)(H,31,33). The fraction of sp³-hybridized carbons (Fsp3) is 0.222. The van der Waals surface area contributed by atoms with Crippen LogP contribution in [0.4, 0.5) is 17.1 Å². The lowest BCUT2D eigenvalue weighted by Gasteiger charge is -2.10. The highest BCUT2D eigenvalue weighted by atomic mass is 16.2. The molecule has 0 bridgehead atoms. The average Bonchev–Trinajstić information content (AvgIpc) is 2.86. The van der Waals surface area contributed by atoms with Crippen LogP contribution in [0.15, 0.2) is 78.9 Å². The summed E-state index contributed by atoms with van der Waals surface area (Å²) >= 11 is 0. The highest BCUT2D eigenvalue weighted by Gasteiger charge is 2.07. The molecular formula is C27H30N4O3. The van der Waals surface area contributed by atoms with Crippen LogP contribution in [0.1, 0.15) is 35.7 Å². The number of aryl methyl sites for hydroxylation is 1. The van der Waals surface area contributed by atoms with Gasteiger partial charge in [0.05, 0.1) is 6.54 Å². The molecule has 4 N–H and O–H groups in total. The predicted molar refractivity (Wildman–Crippen MR) is 136 cm³/mol. The fourth-order valence-corrected chi connectivity index (χ4v) is 3.27. The maximum Gasteiger partial charge on any atom is 0.251 e. The molecule has 176 valence electrons. The molecule has 0 heterocycles. The monoisotopic (exact) mass is 458 g/mol. The van der Waals surface area contributed by atoms with Crippen LogP contribution in [-0.2, 0) is 16.0 Å². The number of carbonyl (C=O) groups is 3. The van der Waals surface area contributed by atoms with Gasteiger partial charge in [0.1, 0.15) is 0 Å². The zero-order valence-corrected chi connectivity index (χ0v) is 19.3. The minimum atomic E-state index is -0.225. The van der Waals surface area contributed by atoms with Crippen molar-refractivity contribution in [1.29, 1.82) is 0 Å². The Kier molecular flexibility index (Phi) is 9.22. The van der Waals surface area contributed by atoms with Crippen LogP contribution in [0, 0.1) is 0 Å². The van der Waals surface area contributed by atoms with Gasteiger partial charge in [-0.15, -0.1) is 0 Å². The predicted octanol–water partition coefficient (Wildman–Crippen LogP) is 4.45. The quantitative estimate of drug-likeness (QED) is 0.341. The molecule has 0 radical (unpaired) electrons. The molecule has 0 aliphatic carbocycles. The van der Waals surface area contributed by atoms with Crippen LogP contribution < -0.4 is 21.3 Å². The van der Waals surface area contributed by atoms with Gasteiger partial charge in [-0.1, -0.05) is 43.3 Å². The summed E-state index contributed by atoms with van der Waals surface area (Å²) < 4.78 is 0. The van der Waals surface area contributed by atoms with Crippen molar-refractivity contribution in [3.63, 3.8) is 0 Å². The van der Waals surface area contributed by atoms with Crippen molar-refractivity contribution < 1.29 is 14.4 Å². The number of carbonyl (C=O) groups excluding carboxylic acids is 3. The number of amides is 3. The third kappa shape index (κ3) is 8.09. The number of hydrogen-bond donors (Lipinski definition) is 4. The van der Waals surface area contributed by atoms with Gasteiger partial charge < -0.3 is 21.3 Å². The van der Waals surface area contributed by atoms with Crippen LogP contribution in [-0.4, -0.2) is 30.8 Å². The molecule has 3 aromatic rings. The summed E-state index contributed by atoms with van der Waals surface area (Å²) in [6.07, 6.45) is 1.92. The molecule has 3 aromatic carbocycles. The summed E-state index contributed by atoms with van der Waals surface area (Å²) in [6.45, 7) is 2.70. The number of rotatable bonds is 11. The van der Waals surface area contributed by atoms with Gasteiger partial charge in [-0.25, -0.2) is 0 Å². The number of nitrogens with one attached hydrogen (secondary N) is 4. The third-order valence-electron chi connectivity index (χ3n) is 5.05. The normalized spacial score (nSPS) is 10.3. The van der Waals surface area contributed by atoms with Crippen molar-refractivity contribution >= 4 is 34.8 Å². The fourth-order valence-electron chi connectivity index (χ4n) is 3.27. The molecule has 0 aliphatic heterocycles. The zero-order valence-electron chi connectivity index (χ0n) is 19.3. The van der Waals surface area contributed by atoms with E-state index < -0.39 is 0 Å². The molecule has 0 saturated heterocycles. The van der Waals surface area contributed by atoms with Crippen molar-refractivity contribution in [2.45, 2.75) is 26.2 Å². The van der Waals surface area contributed by atoms with E-state index in [0.717, 1.165) is 17.7 Å². The van der Waals surface area contributed by atoms with Crippen molar-refractivity contribution in [2.75, 3.05) is 29.0 Å². The molecule has 3 amide bonds. The first-order valence-corrected chi connectivity index (χ1v) is 11.4. The van der Waals surface area contributed by atoms with Gasteiger partial charge in [-0.05, 0) is 60.9 Å². The summed E-state index contributed by atoms with van der Waals surface area (Å²) in [5.74, 6) is -0.420. The third-order valence-corrected chi connectivity index (χ3v) is 5.05. The molecule has 0 fully saturated rings. The lowest BCUT2D eigenvalue weighted by atomic mass is 10.1. The highest BCUT2D eigenvalue weighted by Crippen LogP contribution is 2.16. The highest BCUT2D eigenvalue weighted by molar-refractivity contribution is 5.96. The summed E-state index contributed by atoms with van der Waals surface area (Å²) in [6, 6.07) is 23.9. The molecule has 0 atom stereocenters. The molecule has 7 heteroatoms. The Morgan fingerprint density at radius 2 is 1.41 bits per heavy atom. The molecule has 0 spiro atoms. The Balaban J connectivity index is 1.44. The van der Waals surface area contributed by atoms with Gasteiger partial charge in [-0.2, -0.15) is 0 Å². The van der Waals surface area contributed by atoms with E-state index in [1.165, 1.54) is 0 Å². The average molecular weight is 459 g/mol. The Labute approximate surface area is 200 Å². The van der Waals surface area contributed by atoms with E-state index in [1.807, 2.05) is 37.3 Å². The van der Waals surface area contributed by atoms with E-state index in [1.54, 1.807) is 48.5 Å². The lowest BCUT2D eigenvalue weighted by molar-refractivity contribution is -0.116. The molecular weight excluding hydrogens is 428 g/mol. The topological polar surface area (TPSA) is 99.3 Å². The van der Waals surface area contributed by atoms with E-state index in [0.29, 0.717) is 36.3 Å². The smallest absolute Gasteiger partial charge is 0.251 e. The van der Waals surface area contributed by atoms with Crippen molar-refractivity contribution in [3.05, 3.63) is 90.0 Å². The first kappa shape index (κ1) is 24.5. The van der Waals surface area contributed by atoms with Gasteiger partial charge in [0.25, 0.3) is 5.91 Å². The molecule has 7 nitrogen and oxygen atoms in total. The Bertz CT molecular complexity index is 1100. The summed E-state index contributed by atoms with van der Waals surface area (Å²) in [4.78, 5) is 36.6. The summed E-state index contributed by atoms with van der Waals surface area (Å²) in [5.41, 5.74) is 3.64. The molecule has 0 aromatic heterocycles. The van der Waals surface area contributed by atoms with Crippen LogP contribution in [0.5, 0.6) is 0 Å². The zero-order chi connectivity index (χ0) is 24.2. The van der Waals surface area contributed by atoms with Crippen LogP contribution >= 0.6 is 0 Å². The van der Waals surface area contributed by atoms with Gasteiger partial charge in [0, 0.05) is 35.6 Å².